The maximum Gasteiger partial charge on any atom is 0.00317 e. The first kappa shape index (κ1) is 42.4. The molecule has 0 saturated heterocycles. The summed E-state index contributed by atoms with van der Waals surface area (Å²) in [7, 11) is 0. The molecule has 42 heavy (non-hydrogen) atoms. The van der Waals surface area contributed by atoms with Gasteiger partial charge in [-0.15, -0.1) is 0 Å². The van der Waals surface area contributed by atoms with Gasteiger partial charge in [-0.3, -0.25) is 0 Å². The number of hydrogen-bond acceptors (Lipinski definition) is 1. The Labute approximate surface area is 277 Å². The number of hydrogen-bond donors (Lipinski definition) is 0. The fraction of sp³-hybridized carbons (Fsp3) is 1.00. The molecule has 0 saturated carbocycles. The van der Waals surface area contributed by atoms with Crippen LogP contribution < -0.4 is 0 Å². The van der Waals surface area contributed by atoms with Gasteiger partial charge in [0, 0.05) is 5.33 Å². The number of rotatable bonds is 38. The van der Waals surface area contributed by atoms with E-state index in [1.807, 2.05) is 0 Å². The van der Waals surface area contributed by atoms with Gasteiger partial charge in [0.25, 0.3) is 0 Å². The topological polar surface area (TPSA) is 3.24 Å². The molecule has 1 nitrogen and oxygen atoms in total. The zero-order valence-corrected chi connectivity index (χ0v) is 31.3. The highest BCUT2D eigenvalue weighted by atomic mass is 79.9. The molecule has 0 atom stereocenters. The summed E-state index contributed by atoms with van der Waals surface area (Å²) in [5, 5.41) is 1.17. The highest BCUT2D eigenvalue weighted by Gasteiger charge is 2.05. The number of alkyl halides is 1. The van der Waals surface area contributed by atoms with E-state index in [0.717, 1.165) is 0 Å². The lowest BCUT2D eigenvalue weighted by Crippen LogP contribution is -2.27. The molecule has 0 amide bonds. The van der Waals surface area contributed by atoms with Crippen molar-refractivity contribution < 1.29 is 0 Å². The average Bonchev–Trinajstić information content (AvgIpc) is 3.00. The minimum Gasteiger partial charge on any atom is -0.303 e. The lowest BCUT2D eigenvalue weighted by Gasteiger charge is -2.22. The van der Waals surface area contributed by atoms with E-state index in [1.165, 1.54) is 243 Å². The van der Waals surface area contributed by atoms with E-state index in [0.29, 0.717) is 0 Å². The van der Waals surface area contributed by atoms with Crippen LogP contribution in [0, 0.1) is 0 Å². The number of nitrogens with zero attached hydrogens (tertiary/aromatic N) is 1. The van der Waals surface area contributed by atoms with Gasteiger partial charge < -0.3 is 4.90 Å². The molecule has 0 heterocycles. The third-order valence-electron chi connectivity index (χ3n) is 9.51. The van der Waals surface area contributed by atoms with Crippen molar-refractivity contribution in [2.75, 3.05) is 25.0 Å². The maximum atomic E-state index is 3.63. The molecular formula is C40H82BrN. The summed E-state index contributed by atoms with van der Waals surface area (Å²) in [4.78, 5) is 2.80. The highest BCUT2D eigenvalue weighted by Crippen LogP contribution is 2.16. The van der Waals surface area contributed by atoms with E-state index in [9.17, 15) is 0 Å². The van der Waals surface area contributed by atoms with Crippen LogP contribution in [-0.4, -0.2) is 29.9 Å². The predicted octanol–water partition coefficient (Wildman–Crippen LogP) is 15.0. The molecule has 0 N–H and O–H groups in total. The first-order valence-corrected chi connectivity index (χ1v) is 21.3. The molecule has 0 fully saturated rings. The molecule has 0 aromatic rings. The van der Waals surface area contributed by atoms with Crippen LogP contribution in [0.25, 0.3) is 0 Å². The van der Waals surface area contributed by atoms with Gasteiger partial charge in [-0.05, 0) is 45.3 Å². The van der Waals surface area contributed by atoms with Crippen molar-refractivity contribution in [3.05, 3.63) is 0 Å². The molecule has 0 aromatic heterocycles. The fourth-order valence-corrected chi connectivity index (χ4v) is 6.93. The lowest BCUT2D eigenvalue weighted by molar-refractivity contribution is 0.256. The second-order valence-electron chi connectivity index (χ2n) is 13.8. The molecule has 0 radical (unpaired) electrons. The van der Waals surface area contributed by atoms with Crippen LogP contribution in [0.15, 0.2) is 0 Å². The van der Waals surface area contributed by atoms with Gasteiger partial charge in [-0.25, -0.2) is 0 Å². The standard InChI is InChI=1S/C40H82BrN/c1-3-5-7-9-11-13-15-17-19-21-23-25-27-29-31-34-38-42(40-36-33-37-41)39-35-32-30-28-26-24-22-20-18-16-14-12-10-8-6-4-2/h3-40H2,1-2H3. The third kappa shape index (κ3) is 36.6. The van der Waals surface area contributed by atoms with Crippen LogP contribution in [0.5, 0.6) is 0 Å². The minimum atomic E-state index is 1.17. The molecular weight excluding hydrogens is 574 g/mol. The SMILES string of the molecule is CCCCCCCCCCCCCCCCCCN(CCCCBr)CCCCCCCCCCCCCCCCCC. The molecule has 0 aliphatic carbocycles. The Morgan fingerprint density at radius 1 is 0.262 bits per heavy atom. The summed E-state index contributed by atoms with van der Waals surface area (Å²) in [6, 6.07) is 0. The molecule has 0 spiro atoms. The average molecular weight is 657 g/mol. The first-order valence-electron chi connectivity index (χ1n) is 20.1. The molecule has 0 unspecified atom stereocenters. The van der Waals surface area contributed by atoms with Gasteiger partial charge in [0.1, 0.15) is 0 Å². The second kappa shape index (κ2) is 39.5. The van der Waals surface area contributed by atoms with Gasteiger partial charge in [0.2, 0.25) is 0 Å². The molecule has 0 aliphatic rings. The van der Waals surface area contributed by atoms with Crippen LogP contribution in [-0.2, 0) is 0 Å². The van der Waals surface area contributed by atoms with Gasteiger partial charge in [0.05, 0.1) is 0 Å². The largest absolute Gasteiger partial charge is 0.303 e. The third-order valence-corrected chi connectivity index (χ3v) is 10.1. The smallest absolute Gasteiger partial charge is 0.00317 e. The van der Waals surface area contributed by atoms with Crippen LogP contribution in [0.4, 0.5) is 0 Å². The lowest BCUT2D eigenvalue weighted by atomic mass is 10.0. The second-order valence-corrected chi connectivity index (χ2v) is 14.6. The Bertz CT molecular complexity index is 417. The first-order chi connectivity index (χ1) is 20.8. The number of halogens is 1. The number of unbranched alkanes of at least 4 members (excludes halogenated alkanes) is 31. The molecule has 2 heteroatoms. The highest BCUT2D eigenvalue weighted by molar-refractivity contribution is 9.09. The van der Waals surface area contributed by atoms with Crippen molar-refractivity contribution in [1.82, 2.24) is 4.90 Å². The van der Waals surface area contributed by atoms with E-state index in [-0.39, 0.29) is 0 Å². The molecule has 0 rings (SSSR count). The summed E-state index contributed by atoms with van der Waals surface area (Å²) in [5.41, 5.74) is 0. The molecule has 0 aromatic carbocycles. The Morgan fingerprint density at radius 2 is 0.452 bits per heavy atom. The Hall–Kier alpha value is 0.440. The molecule has 0 aliphatic heterocycles. The van der Waals surface area contributed by atoms with Gasteiger partial charge >= 0.3 is 0 Å². The van der Waals surface area contributed by atoms with E-state index >= 15 is 0 Å². The minimum absolute atomic E-state index is 1.17. The summed E-state index contributed by atoms with van der Waals surface area (Å²) in [6.07, 6.45) is 49.5. The van der Waals surface area contributed by atoms with E-state index in [1.54, 1.807) is 0 Å². The van der Waals surface area contributed by atoms with Crippen LogP contribution in [0.3, 0.4) is 0 Å². The summed E-state index contributed by atoms with van der Waals surface area (Å²) in [6.45, 7) is 8.64. The van der Waals surface area contributed by atoms with Crippen molar-refractivity contribution in [3.63, 3.8) is 0 Å². The Balaban J connectivity index is 3.52. The van der Waals surface area contributed by atoms with Crippen molar-refractivity contribution >= 4 is 15.9 Å². The predicted molar refractivity (Wildman–Crippen MR) is 199 cm³/mol. The summed E-state index contributed by atoms with van der Waals surface area (Å²) >= 11 is 3.63. The fourth-order valence-electron chi connectivity index (χ4n) is 6.53. The van der Waals surface area contributed by atoms with Gasteiger partial charge in [-0.1, -0.05) is 222 Å². The maximum absolute atomic E-state index is 3.63. The van der Waals surface area contributed by atoms with Crippen LogP contribution >= 0.6 is 15.9 Å². The Morgan fingerprint density at radius 3 is 0.667 bits per heavy atom. The van der Waals surface area contributed by atoms with E-state index in [4.69, 9.17) is 0 Å². The zero-order chi connectivity index (χ0) is 30.4. The van der Waals surface area contributed by atoms with E-state index < -0.39 is 0 Å². The molecule has 0 bridgehead atoms. The van der Waals surface area contributed by atoms with Gasteiger partial charge in [0.15, 0.2) is 0 Å². The normalized spacial score (nSPS) is 11.7. The van der Waals surface area contributed by atoms with Crippen LogP contribution in [0.2, 0.25) is 0 Å². The van der Waals surface area contributed by atoms with Crippen molar-refractivity contribution in [3.8, 4) is 0 Å². The van der Waals surface area contributed by atoms with Crippen molar-refractivity contribution in [2.45, 2.75) is 232 Å². The zero-order valence-electron chi connectivity index (χ0n) is 29.7. The summed E-state index contributed by atoms with van der Waals surface area (Å²) in [5.74, 6) is 0. The van der Waals surface area contributed by atoms with Crippen LogP contribution in [0.1, 0.15) is 232 Å². The summed E-state index contributed by atoms with van der Waals surface area (Å²) < 4.78 is 0. The van der Waals surface area contributed by atoms with Crippen molar-refractivity contribution in [2.24, 2.45) is 0 Å². The van der Waals surface area contributed by atoms with Gasteiger partial charge in [-0.2, -0.15) is 0 Å². The quantitative estimate of drug-likeness (QED) is 0.0472. The molecule has 254 valence electrons. The van der Waals surface area contributed by atoms with Crippen molar-refractivity contribution in [1.29, 1.82) is 0 Å². The van der Waals surface area contributed by atoms with E-state index in [2.05, 4.69) is 34.7 Å². The monoisotopic (exact) mass is 656 g/mol. The Kier molecular flexibility index (Phi) is 39.9.